The Bertz CT molecular complexity index is 3630. The van der Waals surface area contributed by atoms with Gasteiger partial charge in [0.05, 0.1) is 11.0 Å². The van der Waals surface area contributed by atoms with Crippen LogP contribution in [-0.4, -0.2) is 4.57 Å². The van der Waals surface area contributed by atoms with Gasteiger partial charge in [-0.3, -0.25) is 0 Å². The van der Waals surface area contributed by atoms with E-state index in [-0.39, 0.29) is 0 Å². The maximum absolute atomic E-state index is 6.42. The number of hydrogen-bond donors (Lipinski definition) is 0. The predicted octanol–water partition coefficient (Wildman–Crippen LogP) is 15.5. The summed E-state index contributed by atoms with van der Waals surface area (Å²) in [5.41, 5.74) is 15.6. The first-order valence-corrected chi connectivity index (χ1v) is 19.6. The number of fused-ring (bicyclic) bond motifs is 12. The van der Waals surface area contributed by atoms with Gasteiger partial charge in [0.15, 0.2) is 0 Å². The van der Waals surface area contributed by atoms with Gasteiger partial charge in [-0.2, -0.15) is 0 Å². The van der Waals surface area contributed by atoms with Crippen LogP contribution in [0.4, 0.5) is 0 Å². The zero-order chi connectivity index (χ0) is 37.9. The lowest BCUT2D eigenvalue weighted by molar-refractivity contribution is 0.668. The summed E-state index contributed by atoms with van der Waals surface area (Å²) in [6.07, 6.45) is 0. The van der Waals surface area contributed by atoms with Crippen LogP contribution in [0.25, 0.3) is 127 Å². The van der Waals surface area contributed by atoms with Crippen molar-refractivity contribution < 1.29 is 13.3 Å². The van der Waals surface area contributed by atoms with Crippen molar-refractivity contribution in [3.8, 4) is 39.1 Å². The number of furan rings is 3. The van der Waals surface area contributed by atoms with Crippen molar-refractivity contribution in [1.29, 1.82) is 0 Å². The first-order valence-electron chi connectivity index (χ1n) is 19.6. The fraction of sp³-hybridized carbons (Fsp3) is 0. The molecule has 0 aliphatic carbocycles. The molecular formula is C54H31NO3. The zero-order valence-electron chi connectivity index (χ0n) is 31.1. The molecule has 0 radical (unpaired) electrons. The van der Waals surface area contributed by atoms with E-state index in [1.807, 2.05) is 36.4 Å². The lowest BCUT2D eigenvalue weighted by Gasteiger charge is -2.10. The molecule has 270 valence electrons. The SMILES string of the molecule is c1ccc2c(c1)oc1ccc(-c3ccc4c(c3)c3cc(-c5ccc6oc7ccccc7c6c5)ccc3n4-c3ccc(-c4cccc5c4oc4ccccc45)cc3)cc12. The molecule has 58 heavy (non-hydrogen) atoms. The zero-order valence-corrected chi connectivity index (χ0v) is 31.1. The van der Waals surface area contributed by atoms with E-state index in [9.17, 15) is 0 Å². The largest absolute Gasteiger partial charge is 0.456 e. The van der Waals surface area contributed by atoms with Crippen molar-refractivity contribution in [2.24, 2.45) is 0 Å². The summed E-state index contributed by atoms with van der Waals surface area (Å²) in [6, 6.07) is 66.9. The maximum atomic E-state index is 6.42. The Kier molecular flexibility index (Phi) is 6.41. The number of nitrogens with zero attached hydrogens (tertiary/aromatic N) is 1. The Hall–Kier alpha value is -7.82. The van der Waals surface area contributed by atoms with Gasteiger partial charge in [0.25, 0.3) is 0 Å². The molecule has 0 saturated heterocycles. The van der Waals surface area contributed by atoms with Crippen LogP contribution in [-0.2, 0) is 0 Å². The average molecular weight is 742 g/mol. The molecule has 0 aliphatic rings. The van der Waals surface area contributed by atoms with Crippen molar-refractivity contribution in [2.45, 2.75) is 0 Å². The lowest BCUT2D eigenvalue weighted by Crippen LogP contribution is -1.94. The van der Waals surface area contributed by atoms with Crippen LogP contribution >= 0.6 is 0 Å². The molecule has 0 atom stereocenters. The van der Waals surface area contributed by atoms with Gasteiger partial charge in [-0.05, 0) is 107 Å². The van der Waals surface area contributed by atoms with Crippen LogP contribution in [0.2, 0.25) is 0 Å². The summed E-state index contributed by atoms with van der Waals surface area (Å²) in [6.45, 7) is 0. The third kappa shape index (κ3) is 4.57. The lowest BCUT2D eigenvalue weighted by atomic mass is 9.98. The van der Waals surface area contributed by atoms with E-state index >= 15 is 0 Å². The highest BCUT2D eigenvalue weighted by atomic mass is 16.3. The molecule has 13 aromatic rings. The van der Waals surface area contributed by atoms with Crippen LogP contribution in [0.1, 0.15) is 0 Å². The highest BCUT2D eigenvalue weighted by molar-refractivity contribution is 6.14. The van der Waals surface area contributed by atoms with Gasteiger partial charge in [-0.15, -0.1) is 0 Å². The second-order valence-electron chi connectivity index (χ2n) is 15.2. The minimum Gasteiger partial charge on any atom is -0.456 e. The standard InChI is InChI=1S/C54H31NO3/c1-6-15-51-39(8-1)42-12-7-11-38(54(42)58-51)32-16-22-37(23-17-32)55-47-24-18-33(35-20-26-52-45(30-35)40-9-2-4-13-49(40)56-52)28-43(47)44-29-34(19-25-48(44)55)36-21-27-53-46(31-36)41-10-3-5-14-50(41)57-53/h1-31H. The monoisotopic (exact) mass is 741 g/mol. The first kappa shape index (κ1) is 31.4. The first-order chi connectivity index (χ1) is 28.7. The Morgan fingerprint density at radius 3 is 1.24 bits per heavy atom. The molecule has 0 spiro atoms. The Labute approximate surface area is 331 Å². The number of hydrogen-bond acceptors (Lipinski definition) is 3. The molecule has 0 N–H and O–H groups in total. The van der Waals surface area contributed by atoms with E-state index in [4.69, 9.17) is 13.3 Å². The fourth-order valence-electron chi connectivity index (χ4n) is 9.24. The maximum Gasteiger partial charge on any atom is 0.143 e. The van der Waals surface area contributed by atoms with Crippen LogP contribution < -0.4 is 0 Å². The van der Waals surface area contributed by atoms with E-state index in [0.717, 1.165) is 116 Å². The Morgan fingerprint density at radius 1 is 0.276 bits per heavy atom. The van der Waals surface area contributed by atoms with E-state index < -0.39 is 0 Å². The minimum atomic E-state index is 0.898. The number of aromatic nitrogens is 1. The predicted molar refractivity (Wildman–Crippen MR) is 239 cm³/mol. The Balaban J connectivity index is 0.992. The second-order valence-corrected chi connectivity index (χ2v) is 15.2. The van der Waals surface area contributed by atoms with Gasteiger partial charge in [0.2, 0.25) is 0 Å². The van der Waals surface area contributed by atoms with Gasteiger partial charge in [-0.25, -0.2) is 0 Å². The van der Waals surface area contributed by atoms with E-state index in [1.54, 1.807) is 0 Å². The van der Waals surface area contributed by atoms with Crippen molar-refractivity contribution in [3.05, 3.63) is 188 Å². The summed E-state index contributed by atoms with van der Waals surface area (Å²) >= 11 is 0. The average Bonchev–Trinajstić information content (AvgIpc) is 4.04. The molecular weight excluding hydrogens is 711 g/mol. The normalized spacial score (nSPS) is 12.1. The summed E-state index contributed by atoms with van der Waals surface area (Å²) in [4.78, 5) is 0. The summed E-state index contributed by atoms with van der Waals surface area (Å²) in [5, 5.41) is 9.16. The van der Waals surface area contributed by atoms with Gasteiger partial charge in [-0.1, -0.05) is 109 Å². The van der Waals surface area contributed by atoms with Gasteiger partial charge < -0.3 is 17.8 Å². The molecule has 0 saturated carbocycles. The van der Waals surface area contributed by atoms with Gasteiger partial charge in [0, 0.05) is 54.3 Å². The molecule has 0 amide bonds. The highest BCUT2D eigenvalue weighted by Crippen LogP contribution is 2.41. The van der Waals surface area contributed by atoms with E-state index in [0.29, 0.717) is 0 Å². The smallest absolute Gasteiger partial charge is 0.143 e. The topological polar surface area (TPSA) is 44.4 Å². The number of para-hydroxylation sites is 4. The van der Waals surface area contributed by atoms with Crippen molar-refractivity contribution in [1.82, 2.24) is 4.57 Å². The van der Waals surface area contributed by atoms with Gasteiger partial charge in [0.1, 0.15) is 33.5 Å². The van der Waals surface area contributed by atoms with Crippen LogP contribution in [0.15, 0.2) is 201 Å². The van der Waals surface area contributed by atoms with Crippen molar-refractivity contribution in [3.63, 3.8) is 0 Å². The number of benzene rings is 9. The third-order valence-corrected chi connectivity index (χ3v) is 12.0. The van der Waals surface area contributed by atoms with E-state index in [1.165, 1.54) is 10.8 Å². The summed E-state index contributed by atoms with van der Waals surface area (Å²) in [7, 11) is 0. The van der Waals surface area contributed by atoms with Crippen molar-refractivity contribution in [2.75, 3.05) is 0 Å². The highest BCUT2D eigenvalue weighted by Gasteiger charge is 2.18. The van der Waals surface area contributed by atoms with E-state index in [2.05, 4.69) is 156 Å². The van der Waals surface area contributed by atoms with Crippen LogP contribution in [0.3, 0.4) is 0 Å². The molecule has 0 aliphatic heterocycles. The number of rotatable bonds is 4. The molecule has 4 heterocycles. The fourth-order valence-corrected chi connectivity index (χ4v) is 9.24. The third-order valence-electron chi connectivity index (χ3n) is 12.0. The molecule has 13 rings (SSSR count). The Morgan fingerprint density at radius 2 is 0.690 bits per heavy atom. The molecule has 4 heteroatoms. The molecule has 4 aromatic heterocycles. The molecule has 0 fully saturated rings. The molecule has 4 nitrogen and oxygen atoms in total. The quantitative estimate of drug-likeness (QED) is 0.180. The van der Waals surface area contributed by atoms with Gasteiger partial charge >= 0.3 is 0 Å². The molecule has 9 aromatic carbocycles. The molecule has 0 unspecified atom stereocenters. The summed E-state index contributed by atoms with van der Waals surface area (Å²) in [5.74, 6) is 0. The molecule has 0 bridgehead atoms. The minimum absolute atomic E-state index is 0.898. The van der Waals surface area contributed by atoms with Crippen LogP contribution in [0, 0.1) is 0 Å². The summed E-state index contributed by atoms with van der Waals surface area (Å²) < 4.78 is 21.2. The van der Waals surface area contributed by atoms with Crippen molar-refractivity contribution >= 4 is 87.6 Å². The van der Waals surface area contributed by atoms with Crippen LogP contribution in [0.5, 0.6) is 0 Å². The second kappa shape index (κ2) is 11.8.